The minimum atomic E-state index is -1.05. The normalized spacial score (nSPS) is 11.6. The molecule has 1 aromatic carbocycles. The van der Waals surface area contributed by atoms with Gasteiger partial charge >= 0.3 is 5.97 Å². The first-order chi connectivity index (χ1) is 7.58. The van der Waals surface area contributed by atoms with Gasteiger partial charge in [-0.2, -0.15) is 5.26 Å². The maximum absolute atomic E-state index is 11.0. The SMILES string of the molecule is CCC(C#N)Oc1ccc(C)cc1C(=O)O. The lowest BCUT2D eigenvalue weighted by molar-refractivity contribution is 0.0690. The number of nitrogens with zero attached hydrogens (tertiary/aromatic N) is 1. The molecule has 0 bridgehead atoms. The van der Waals surface area contributed by atoms with Crippen molar-refractivity contribution in [3.05, 3.63) is 29.3 Å². The van der Waals surface area contributed by atoms with E-state index in [1.165, 1.54) is 6.07 Å². The number of benzene rings is 1. The molecule has 0 heterocycles. The van der Waals surface area contributed by atoms with E-state index in [9.17, 15) is 4.79 Å². The van der Waals surface area contributed by atoms with Crippen molar-refractivity contribution < 1.29 is 14.6 Å². The number of hydrogen-bond donors (Lipinski definition) is 1. The predicted molar refractivity (Wildman–Crippen MR) is 58.5 cm³/mol. The van der Waals surface area contributed by atoms with Gasteiger partial charge in [-0.1, -0.05) is 18.6 Å². The van der Waals surface area contributed by atoms with Crippen LogP contribution in [-0.4, -0.2) is 17.2 Å². The summed E-state index contributed by atoms with van der Waals surface area (Å²) in [6, 6.07) is 6.83. The van der Waals surface area contributed by atoms with Gasteiger partial charge in [-0.25, -0.2) is 4.79 Å². The molecule has 0 fully saturated rings. The van der Waals surface area contributed by atoms with E-state index in [1.54, 1.807) is 19.1 Å². The number of carboxylic acids is 1. The van der Waals surface area contributed by atoms with Crippen LogP contribution in [0.1, 0.15) is 29.3 Å². The van der Waals surface area contributed by atoms with Crippen molar-refractivity contribution in [2.75, 3.05) is 0 Å². The molecule has 0 amide bonds. The first-order valence-electron chi connectivity index (χ1n) is 4.98. The van der Waals surface area contributed by atoms with Gasteiger partial charge < -0.3 is 9.84 Å². The Bertz CT molecular complexity index is 434. The summed E-state index contributed by atoms with van der Waals surface area (Å²) >= 11 is 0. The molecule has 0 saturated carbocycles. The molecule has 0 aliphatic rings. The quantitative estimate of drug-likeness (QED) is 0.843. The van der Waals surface area contributed by atoms with Gasteiger partial charge in [-0.3, -0.25) is 0 Å². The molecule has 1 atom stereocenters. The zero-order chi connectivity index (χ0) is 12.1. The van der Waals surface area contributed by atoms with E-state index in [2.05, 4.69) is 0 Å². The van der Waals surface area contributed by atoms with E-state index in [-0.39, 0.29) is 11.3 Å². The van der Waals surface area contributed by atoms with Gasteiger partial charge in [-0.15, -0.1) is 0 Å². The van der Waals surface area contributed by atoms with E-state index < -0.39 is 12.1 Å². The van der Waals surface area contributed by atoms with Crippen LogP contribution in [0.5, 0.6) is 5.75 Å². The fourth-order valence-corrected chi connectivity index (χ4v) is 1.27. The summed E-state index contributed by atoms with van der Waals surface area (Å²) in [6.45, 7) is 3.61. The van der Waals surface area contributed by atoms with Gasteiger partial charge in [0.25, 0.3) is 0 Å². The van der Waals surface area contributed by atoms with Crippen molar-refractivity contribution >= 4 is 5.97 Å². The maximum Gasteiger partial charge on any atom is 0.339 e. The Balaban J connectivity index is 3.04. The summed E-state index contributed by atoms with van der Waals surface area (Å²) in [5, 5.41) is 17.7. The van der Waals surface area contributed by atoms with Gasteiger partial charge in [0.05, 0.1) is 0 Å². The van der Waals surface area contributed by atoms with Crippen molar-refractivity contribution in [3.63, 3.8) is 0 Å². The second kappa shape index (κ2) is 5.17. The fraction of sp³-hybridized carbons (Fsp3) is 0.333. The monoisotopic (exact) mass is 219 g/mol. The summed E-state index contributed by atoms with van der Waals surface area (Å²) in [5.41, 5.74) is 0.934. The summed E-state index contributed by atoms with van der Waals surface area (Å²) < 4.78 is 5.32. The standard InChI is InChI=1S/C12H13NO3/c1-3-9(7-13)16-11-5-4-8(2)6-10(11)12(14)15/h4-6,9H,3H2,1-2H3,(H,14,15). The fourth-order valence-electron chi connectivity index (χ4n) is 1.27. The van der Waals surface area contributed by atoms with Crippen LogP contribution in [0.15, 0.2) is 18.2 Å². The Hall–Kier alpha value is -2.02. The lowest BCUT2D eigenvalue weighted by atomic mass is 10.1. The molecule has 0 spiro atoms. The van der Waals surface area contributed by atoms with Crippen LogP contribution in [0.2, 0.25) is 0 Å². The van der Waals surface area contributed by atoms with Gasteiger partial charge in [0.15, 0.2) is 6.10 Å². The zero-order valence-corrected chi connectivity index (χ0v) is 9.23. The van der Waals surface area contributed by atoms with Crippen LogP contribution >= 0.6 is 0 Å². The molecule has 16 heavy (non-hydrogen) atoms. The number of aromatic carboxylic acids is 1. The van der Waals surface area contributed by atoms with Crippen LogP contribution in [0.3, 0.4) is 0 Å². The van der Waals surface area contributed by atoms with Gasteiger partial charge in [0.2, 0.25) is 0 Å². The average Bonchev–Trinajstić information content (AvgIpc) is 2.27. The molecule has 1 rings (SSSR count). The van der Waals surface area contributed by atoms with Gasteiger partial charge in [-0.05, 0) is 25.5 Å². The zero-order valence-electron chi connectivity index (χ0n) is 9.23. The second-order valence-electron chi connectivity index (χ2n) is 3.45. The van der Waals surface area contributed by atoms with Crippen molar-refractivity contribution in [3.8, 4) is 11.8 Å². The highest BCUT2D eigenvalue weighted by atomic mass is 16.5. The summed E-state index contributed by atoms with van der Waals surface area (Å²) in [7, 11) is 0. The number of ether oxygens (including phenoxy) is 1. The second-order valence-corrected chi connectivity index (χ2v) is 3.45. The Morgan fingerprint density at radius 1 is 1.62 bits per heavy atom. The molecule has 84 valence electrons. The van der Waals surface area contributed by atoms with Crippen LogP contribution in [0, 0.1) is 18.3 Å². The summed E-state index contributed by atoms with van der Waals surface area (Å²) in [4.78, 5) is 11.0. The van der Waals surface area contributed by atoms with Crippen molar-refractivity contribution in [2.45, 2.75) is 26.4 Å². The number of rotatable bonds is 4. The van der Waals surface area contributed by atoms with E-state index in [4.69, 9.17) is 15.1 Å². The molecule has 0 saturated heterocycles. The summed E-state index contributed by atoms with van der Waals surface area (Å²) in [5.74, 6) is -0.807. The highest BCUT2D eigenvalue weighted by Crippen LogP contribution is 2.21. The first kappa shape index (κ1) is 12.1. The van der Waals surface area contributed by atoms with E-state index in [1.807, 2.05) is 13.0 Å². The highest BCUT2D eigenvalue weighted by Gasteiger charge is 2.14. The largest absolute Gasteiger partial charge is 0.478 e. The minimum Gasteiger partial charge on any atom is -0.478 e. The predicted octanol–water partition coefficient (Wildman–Crippen LogP) is 2.37. The Morgan fingerprint density at radius 2 is 2.31 bits per heavy atom. The van der Waals surface area contributed by atoms with Crippen molar-refractivity contribution in [1.82, 2.24) is 0 Å². The highest BCUT2D eigenvalue weighted by molar-refractivity contribution is 5.91. The number of hydrogen-bond acceptors (Lipinski definition) is 3. The van der Waals surface area contributed by atoms with Crippen molar-refractivity contribution in [2.24, 2.45) is 0 Å². The van der Waals surface area contributed by atoms with Crippen molar-refractivity contribution in [1.29, 1.82) is 5.26 Å². The van der Waals surface area contributed by atoms with E-state index >= 15 is 0 Å². The molecule has 1 N–H and O–H groups in total. The average molecular weight is 219 g/mol. The molecule has 4 heteroatoms. The molecule has 0 aliphatic heterocycles. The Morgan fingerprint density at radius 3 is 2.81 bits per heavy atom. The lowest BCUT2D eigenvalue weighted by Gasteiger charge is -2.12. The smallest absolute Gasteiger partial charge is 0.339 e. The molecule has 0 radical (unpaired) electrons. The van der Waals surface area contributed by atoms with Gasteiger partial charge in [0.1, 0.15) is 17.4 Å². The Labute approximate surface area is 94.1 Å². The molecule has 1 aromatic rings. The number of nitriles is 1. The number of carboxylic acid groups (broad SMARTS) is 1. The van der Waals surface area contributed by atoms with E-state index in [0.29, 0.717) is 6.42 Å². The van der Waals surface area contributed by atoms with Crippen LogP contribution in [0.25, 0.3) is 0 Å². The number of aryl methyl sites for hydroxylation is 1. The number of carbonyl (C=O) groups is 1. The molecular formula is C12H13NO3. The molecule has 4 nitrogen and oxygen atoms in total. The van der Waals surface area contributed by atoms with Crippen LogP contribution in [0.4, 0.5) is 0 Å². The van der Waals surface area contributed by atoms with Crippen LogP contribution < -0.4 is 4.74 Å². The van der Waals surface area contributed by atoms with Gasteiger partial charge in [0, 0.05) is 0 Å². The topological polar surface area (TPSA) is 70.3 Å². The van der Waals surface area contributed by atoms with Crippen LogP contribution in [-0.2, 0) is 0 Å². The maximum atomic E-state index is 11.0. The van der Waals surface area contributed by atoms with E-state index in [0.717, 1.165) is 5.56 Å². The molecule has 1 unspecified atom stereocenters. The molecule has 0 aliphatic carbocycles. The Kier molecular flexibility index (Phi) is 3.90. The molecule has 0 aromatic heterocycles. The minimum absolute atomic E-state index is 0.0914. The first-order valence-corrected chi connectivity index (χ1v) is 4.98. The molecular weight excluding hydrogens is 206 g/mol. The third-order valence-electron chi connectivity index (χ3n) is 2.15. The third kappa shape index (κ3) is 2.74. The summed E-state index contributed by atoms with van der Waals surface area (Å²) in [6.07, 6.45) is -0.0931. The lowest BCUT2D eigenvalue weighted by Crippen LogP contribution is -2.14. The third-order valence-corrected chi connectivity index (χ3v) is 2.15.